The molecule has 0 spiro atoms. The third kappa shape index (κ3) is 8.55. The minimum atomic E-state index is -3.13. The van der Waals surface area contributed by atoms with E-state index in [-0.39, 0.29) is 59.5 Å². The van der Waals surface area contributed by atoms with Crippen LogP contribution in [0.5, 0.6) is 0 Å². The van der Waals surface area contributed by atoms with Crippen LogP contribution in [-0.2, 0) is 33.3 Å². The van der Waals surface area contributed by atoms with Crippen LogP contribution in [0.3, 0.4) is 0 Å². The molecular weight excluding hydrogens is 655 g/mol. The molecule has 46 heavy (non-hydrogen) atoms. The van der Waals surface area contributed by atoms with E-state index in [1.165, 1.54) is 6.33 Å². The molecule has 18 heteroatoms. The largest absolute Gasteiger partial charge is 0.460 e. The monoisotopic (exact) mass is 700 g/mol. The van der Waals surface area contributed by atoms with Gasteiger partial charge in [0, 0.05) is 37.6 Å². The van der Waals surface area contributed by atoms with Crippen molar-refractivity contribution >= 4 is 58.6 Å². The van der Waals surface area contributed by atoms with E-state index in [1.54, 1.807) is 35.7 Å². The van der Waals surface area contributed by atoms with Crippen LogP contribution in [0.2, 0.25) is 0 Å². The van der Waals surface area contributed by atoms with Crippen molar-refractivity contribution in [2.75, 3.05) is 36.5 Å². The zero-order chi connectivity index (χ0) is 33.8. The fraction of sp³-hybridized carbons (Fsp3) is 0.679. The Bertz CT molecular complexity index is 1470. The first-order chi connectivity index (χ1) is 21.7. The Labute approximate surface area is 277 Å². The van der Waals surface area contributed by atoms with Crippen molar-refractivity contribution in [3.8, 4) is 0 Å². The molecule has 2 saturated heterocycles. The number of fused-ring (bicyclic) bond motifs is 1. The molecule has 4 heterocycles. The van der Waals surface area contributed by atoms with Crippen LogP contribution in [0.15, 0.2) is 25.3 Å². The predicted octanol–water partition coefficient (Wildman–Crippen LogP) is 3.18. The number of hydroxylamine groups is 1. The molecule has 0 aromatic carbocycles. The van der Waals surface area contributed by atoms with E-state index >= 15 is 0 Å². The van der Waals surface area contributed by atoms with E-state index in [0.29, 0.717) is 17.7 Å². The molecule has 15 nitrogen and oxygen atoms in total. The first-order valence-electron chi connectivity index (χ1n) is 15.3. The Morgan fingerprint density at radius 2 is 1.85 bits per heavy atom. The summed E-state index contributed by atoms with van der Waals surface area (Å²) >= 11 is 5.72. The summed E-state index contributed by atoms with van der Waals surface area (Å²) in [5, 5.41) is 2.95. The molecular formula is C28H45N8O7PS2. The van der Waals surface area contributed by atoms with Crippen molar-refractivity contribution in [1.29, 1.82) is 0 Å². The average molecular weight is 701 g/mol. The number of thiocarbonyl (C=S) groups is 1. The van der Waals surface area contributed by atoms with Crippen molar-refractivity contribution in [2.24, 2.45) is 5.92 Å². The van der Waals surface area contributed by atoms with Crippen LogP contribution < -0.4 is 10.8 Å². The van der Waals surface area contributed by atoms with Gasteiger partial charge >= 0.3 is 0 Å². The number of nitrogens with one attached hydrogen (secondary N) is 2. The maximum absolute atomic E-state index is 12.5. The standard InChI is InChI=1S/C28H45N8O7PS2/c1-9-10-32-43-44(36(18(4)5)19(6)7)42-22-20(8)40-27(23(22)41-28(45)34-11-13-46(38,39)14-12-34)35-16-31-21-24(29-15-30-25(21)35)33-26(37)17(2)3/h9,15-20,22-23,27,32H,1,10-14H2,2-8H3,(H,29,30,33,37)/t20-,22?,23+,27-,44?/m1/s1. The lowest BCUT2D eigenvalue weighted by molar-refractivity contribution is -0.118. The van der Waals surface area contributed by atoms with Gasteiger partial charge in [-0.15, -0.1) is 6.58 Å². The topological polar surface area (TPSA) is 162 Å². The first-order valence-corrected chi connectivity index (χ1v) is 18.7. The lowest BCUT2D eigenvalue weighted by Crippen LogP contribution is -2.47. The smallest absolute Gasteiger partial charge is 0.277 e. The highest BCUT2D eigenvalue weighted by atomic mass is 32.2. The predicted molar refractivity (Wildman–Crippen MR) is 179 cm³/mol. The molecule has 0 bridgehead atoms. The van der Waals surface area contributed by atoms with Gasteiger partial charge in [-0.1, -0.05) is 19.9 Å². The Morgan fingerprint density at radius 1 is 1.17 bits per heavy atom. The van der Waals surface area contributed by atoms with Gasteiger partial charge in [-0.2, -0.15) is 5.48 Å². The van der Waals surface area contributed by atoms with Crippen molar-refractivity contribution in [1.82, 2.24) is 34.6 Å². The summed E-state index contributed by atoms with van der Waals surface area (Å²) in [6, 6.07) is 0.157. The maximum Gasteiger partial charge on any atom is 0.277 e. The number of hydrogen-bond acceptors (Lipinski definition) is 13. The SMILES string of the molecule is C=CCNOP(OC1[C@@H](C)O[C@@H](n2cnc3c(NC(=O)C(C)C)ncnc32)[C@H]1OC(=S)N1CCS(=O)(=O)CC1)N(C(C)C)C(C)C. The highest BCUT2D eigenvalue weighted by Gasteiger charge is 2.50. The second-order valence-electron chi connectivity index (χ2n) is 12.0. The van der Waals surface area contributed by atoms with Gasteiger partial charge in [-0.3, -0.25) is 9.36 Å². The van der Waals surface area contributed by atoms with Crippen molar-refractivity contribution in [3.05, 3.63) is 25.3 Å². The van der Waals surface area contributed by atoms with Gasteiger partial charge in [0.05, 0.1) is 23.9 Å². The second kappa shape index (κ2) is 15.7. The van der Waals surface area contributed by atoms with E-state index < -0.39 is 42.9 Å². The van der Waals surface area contributed by atoms with E-state index in [0.717, 1.165) is 0 Å². The molecule has 2 aliphatic rings. The van der Waals surface area contributed by atoms with Crippen LogP contribution in [0.1, 0.15) is 54.7 Å². The van der Waals surface area contributed by atoms with Gasteiger partial charge in [0.25, 0.3) is 13.7 Å². The molecule has 4 rings (SSSR count). The van der Waals surface area contributed by atoms with Crippen molar-refractivity contribution < 1.29 is 31.8 Å². The molecule has 2 aromatic heterocycles. The fourth-order valence-electron chi connectivity index (χ4n) is 5.13. The molecule has 2 aliphatic heterocycles. The number of aromatic nitrogens is 4. The van der Waals surface area contributed by atoms with Gasteiger partial charge < -0.3 is 24.2 Å². The molecule has 2 aromatic rings. The summed E-state index contributed by atoms with van der Waals surface area (Å²) in [4.78, 5) is 27.4. The lowest BCUT2D eigenvalue weighted by atomic mass is 10.1. The summed E-state index contributed by atoms with van der Waals surface area (Å²) in [5.41, 5.74) is 3.72. The maximum atomic E-state index is 12.5. The molecule has 5 atom stereocenters. The number of hydrogen-bond donors (Lipinski definition) is 2. The van der Waals surface area contributed by atoms with Crippen molar-refractivity contribution in [2.45, 2.75) is 85.1 Å². The minimum absolute atomic E-state index is 0.0166. The summed E-state index contributed by atoms with van der Waals surface area (Å²) in [6.45, 7) is 18.3. The number of amides is 1. The second-order valence-corrected chi connectivity index (χ2v) is 16.0. The van der Waals surface area contributed by atoms with Crippen molar-refractivity contribution in [3.63, 3.8) is 0 Å². The molecule has 0 radical (unpaired) electrons. The number of anilines is 1. The summed E-state index contributed by atoms with van der Waals surface area (Å²) in [5.74, 6) is -0.225. The van der Waals surface area contributed by atoms with Gasteiger partial charge in [-0.25, -0.2) is 32.7 Å². The highest BCUT2D eigenvalue weighted by Crippen LogP contribution is 2.50. The Balaban J connectivity index is 1.71. The minimum Gasteiger partial charge on any atom is -0.460 e. The number of ether oxygens (including phenoxy) is 2. The van der Waals surface area contributed by atoms with Gasteiger partial charge in [0.15, 0.2) is 39.2 Å². The number of sulfone groups is 1. The van der Waals surface area contributed by atoms with Gasteiger partial charge in [0.1, 0.15) is 12.4 Å². The molecule has 1 amide bonds. The zero-order valence-electron chi connectivity index (χ0n) is 27.3. The summed E-state index contributed by atoms with van der Waals surface area (Å²) in [6.07, 6.45) is 1.75. The van der Waals surface area contributed by atoms with Gasteiger partial charge in [0.2, 0.25) is 5.91 Å². The number of carbonyl (C=O) groups excluding carboxylic acids is 1. The number of rotatable bonds is 13. The third-order valence-corrected chi connectivity index (χ3v) is 11.5. The highest BCUT2D eigenvalue weighted by molar-refractivity contribution is 7.91. The van der Waals surface area contributed by atoms with E-state index in [9.17, 15) is 13.2 Å². The lowest BCUT2D eigenvalue weighted by Gasteiger charge is -2.38. The van der Waals surface area contributed by atoms with E-state index in [1.807, 2.05) is 6.92 Å². The molecule has 2 unspecified atom stereocenters. The molecule has 0 aliphatic carbocycles. The normalized spacial score (nSPS) is 23.8. The van der Waals surface area contributed by atoms with Crippen LogP contribution in [-0.4, -0.2) is 110 Å². The van der Waals surface area contributed by atoms with Crippen LogP contribution in [0, 0.1) is 5.92 Å². The average Bonchev–Trinajstić information content (AvgIpc) is 3.54. The number of imidazole rings is 1. The van der Waals surface area contributed by atoms with Crippen LogP contribution >= 0.6 is 20.7 Å². The van der Waals surface area contributed by atoms with Crippen LogP contribution in [0.25, 0.3) is 11.2 Å². The third-order valence-electron chi connectivity index (χ3n) is 7.49. The Hall–Kier alpha value is -2.37. The Morgan fingerprint density at radius 3 is 2.46 bits per heavy atom. The summed E-state index contributed by atoms with van der Waals surface area (Å²) in [7, 11) is -4.82. The van der Waals surface area contributed by atoms with Gasteiger partial charge in [-0.05, 0) is 46.8 Å². The Kier molecular flexibility index (Phi) is 12.4. The molecule has 2 fully saturated rings. The first kappa shape index (κ1) is 36.5. The molecule has 0 saturated carbocycles. The molecule has 2 N–H and O–H groups in total. The van der Waals surface area contributed by atoms with E-state index in [2.05, 4.69) is 64.7 Å². The number of carbonyl (C=O) groups is 1. The zero-order valence-corrected chi connectivity index (χ0v) is 29.8. The summed E-state index contributed by atoms with van der Waals surface area (Å²) < 4.78 is 53.9. The van der Waals surface area contributed by atoms with E-state index in [4.69, 9.17) is 30.8 Å². The fourth-order valence-corrected chi connectivity index (χ4v) is 8.31. The molecule has 256 valence electrons. The quantitative estimate of drug-likeness (QED) is 0.103. The van der Waals surface area contributed by atoms with Crippen LogP contribution in [0.4, 0.5) is 5.82 Å². The number of nitrogens with zero attached hydrogens (tertiary/aromatic N) is 6.